The highest BCUT2D eigenvalue weighted by Gasteiger charge is 2.41. The van der Waals surface area contributed by atoms with E-state index in [1.54, 1.807) is 24.4 Å². The Bertz CT molecular complexity index is 801. The molecule has 1 aromatic carbocycles. The van der Waals surface area contributed by atoms with E-state index in [4.69, 9.17) is 4.74 Å². The standard InChI is InChI=1S/C19H23FN4O2S/c20-15-2-1-3-16(12-15)24-6-4-17(22-24)18(25)21-13-19(5-11-27-14-19)23-7-9-26-10-8-23/h1-4,6,12H,5,7-11,13-14H2,(H,21,25). The number of hydrogen-bond acceptors (Lipinski definition) is 5. The van der Waals surface area contributed by atoms with Gasteiger partial charge in [-0.15, -0.1) is 0 Å². The van der Waals surface area contributed by atoms with E-state index in [0.29, 0.717) is 17.9 Å². The van der Waals surface area contributed by atoms with Gasteiger partial charge < -0.3 is 10.1 Å². The smallest absolute Gasteiger partial charge is 0.271 e. The van der Waals surface area contributed by atoms with Gasteiger partial charge in [0.2, 0.25) is 0 Å². The second-order valence-electron chi connectivity index (χ2n) is 6.93. The molecule has 0 aliphatic carbocycles. The first-order chi connectivity index (χ1) is 13.2. The lowest BCUT2D eigenvalue weighted by atomic mass is 9.95. The molecule has 1 N–H and O–H groups in total. The zero-order valence-corrected chi connectivity index (χ0v) is 15.9. The number of halogens is 1. The van der Waals surface area contributed by atoms with E-state index in [1.165, 1.54) is 16.8 Å². The Labute approximate surface area is 162 Å². The van der Waals surface area contributed by atoms with E-state index in [0.717, 1.165) is 44.2 Å². The third kappa shape index (κ3) is 4.02. The summed E-state index contributed by atoms with van der Waals surface area (Å²) in [4.78, 5) is 15.1. The molecule has 2 saturated heterocycles. The Hall–Kier alpha value is -1.90. The van der Waals surface area contributed by atoms with Crippen molar-refractivity contribution in [1.82, 2.24) is 20.0 Å². The molecule has 2 aliphatic heterocycles. The van der Waals surface area contributed by atoms with Crippen LogP contribution in [0.2, 0.25) is 0 Å². The minimum Gasteiger partial charge on any atom is -0.379 e. The minimum absolute atomic E-state index is 0.00473. The summed E-state index contributed by atoms with van der Waals surface area (Å²) in [6, 6.07) is 7.80. The van der Waals surface area contributed by atoms with Crippen LogP contribution in [0.15, 0.2) is 36.5 Å². The fourth-order valence-electron chi connectivity index (χ4n) is 3.68. The highest BCUT2D eigenvalue weighted by Crippen LogP contribution is 2.33. The molecule has 0 radical (unpaired) electrons. The van der Waals surface area contributed by atoms with E-state index in [2.05, 4.69) is 15.3 Å². The van der Waals surface area contributed by atoms with Crippen molar-refractivity contribution < 1.29 is 13.9 Å². The van der Waals surface area contributed by atoms with Crippen molar-refractivity contribution in [3.63, 3.8) is 0 Å². The predicted octanol–water partition coefficient (Wildman–Crippen LogP) is 1.95. The van der Waals surface area contributed by atoms with Crippen LogP contribution < -0.4 is 5.32 Å². The first-order valence-corrected chi connectivity index (χ1v) is 10.3. The van der Waals surface area contributed by atoms with Gasteiger partial charge in [0.05, 0.1) is 18.9 Å². The number of ether oxygens (including phenoxy) is 1. The van der Waals surface area contributed by atoms with Crippen LogP contribution in [0.5, 0.6) is 0 Å². The second-order valence-corrected chi connectivity index (χ2v) is 8.04. The Morgan fingerprint density at radius 3 is 2.93 bits per heavy atom. The normalized spacial score (nSPS) is 23.4. The maximum Gasteiger partial charge on any atom is 0.271 e. The molecular formula is C19H23FN4O2S. The van der Waals surface area contributed by atoms with Gasteiger partial charge in [-0.1, -0.05) is 6.07 Å². The molecule has 0 saturated carbocycles. The topological polar surface area (TPSA) is 59.4 Å². The number of rotatable bonds is 5. The number of thioether (sulfide) groups is 1. The van der Waals surface area contributed by atoms with Gasteiger partial charge in [-0.25, -0.2) is 9.07 Å². The first-order valence-electron chi connectivity index (χ1n) is 9.17. The number of aromatic nitrogens is 2. The second kappa shape index (κ2) is 8.00. The fourth-order valence-corrected chi connectivity index (χ4v) is 5.16. The van der Waals surface area contributed by atoms with Crippen molar-refractivity contribution in [2.75, 3.05) is 44.4 Å². The van der Waals surface area contributed by atoms with Gasteiger partial charge in [-0.3, -0.25) is 9.69 Å². The third-order valence-corrected chi connectivity index (χ3v) is 6.47. The maximum atomic E-state index is 13.4. The van der Waals surface area contributed by atoms with Gasteiger partial charge in [0.15, 0.2) is 5.69 Å². The minimum atomic E-state index is -0.333. The van der Waals surface area contributed by atoms with Gasteiger partial charge >= 0.3 is 0 Å². The number of nitrogens with zero attached hydrogens (tertiary/aromatic N) is 3. The van der Waals surface area contributed by atoms with Gasteiger partial charge in [0, 0.05) is 37.1 Å². The molecule has 4 rings (SSSR count). The number of morpholine rings is 1. The largest absolute Gasteiger partial charge is 0.379 e. The molecule has 8 heteroatoms. The average molecular weight is 390 g/mol. The molecule has 2 aliphatic rings. The van der Waals surface area contributed by atoms with Crippen LogP contribution >= 0.6 is 11.8 Å². The molecule has 1 amide bonds. The monoisotopic (exact) mass is 390 g/mol. The lowest BCUT2D eigenvalue weighted by molar-refractivity contribution is -0.0129. The lowest BCUT2D eigenvalue weighted by Crippen LogP contribution is -2.59. The molecule has 0 spiro atoms. The summed E-state index contributed by atoms with van der Waals surface area (Å²) in [5, 5.41) is 7.37. The van der Waals surface area contributed by atoms with E-state index in [1.807, 2.05) is 11.8 Å². The van der Waals surface area contributed by atoms with Crippen molar-refractivity contribution in [2.24, 2.45) is 0 Å². The van der Waals surface area contributed by atoms with Crippen LogP contribution in [0.1, 0.15) is 16.9 Å². The van der Waals surface area contributed by atoms with Gasteiger partial charge in [-0.05, 0) is 36.4 Å². The van der Waals surface area contributed by atoms with Crippen molar-refractivity contribution >= 4 is 17.7 Å². The quantitative estimate of drug-likeness (QED) is 0.846. The van der Waals surface area contributed by atoms with E-state index in [9.17, 15) is 9.18 Å². The Balaban J connectivity index is 1.43. The summed E-state index contributed by atoms with van der Waals surface area (Å²) in [5.74, 6) is 1.60. The molecule has 2 aromatic rings. The van der Waals surface area contributed by atoms with Gasteiger partial charge in [0.25, 0.3) is 5.91 Å². The molecule has 2 fully saturated rings. The van der Waals surface area contributed by atoms with Gasteiger partial charge in [0.1, 0.15) is 5.82 Å². The molecule has 3 heterocycles. The molecular weight excluding hydrogens is 367 g/mol. The molecule has 144 valence electrons. The Morgan fingerprint density at radius 2 is 2.19 bits per heavy atom. The SMILES string of the molecule is O=C(NCC1(N2CCOCC2)CCSC1)c1ccn(-c2cccc(F)c2)n1. The van der Waals surface area contributed by atoms with Crippen molar-refractivity contribution in [3.05, 3.63) is 48.0 Å². The van der Waals surface area contributed by atoms with Crippen LogP contribution in [0, 0.1) is 5.82 Å². The summed E-state index contributed by atoms with van der Waals surface area (Å²) >= 11 is 1.94. The third-order valence-electron chi connectivity index (χ3n) is 5.24. The van der Waals surface area contributed by atoms with Crippen molar-refractivity contribution in [1.29, 1.82) is 0 Å². The van der Waals surface area contributed by atoms with Crippen molar-refractivity contribution in [2.45, 2.75) is 12.0 Å². The number of benzene rings is 1. The number of amides is 1. The van der Waals surface area contributed by atoms with Crippen LogP contribution in [-0.2, 0) is 4.74 Å². The van der Waals surface area contributed by atoms with Crippen LogP contribution in [0.25, 0.3) is 5.69 Å². The molecule has 1 aromatic heterocycles. The van der Waals surface area contributed by atoms with Crippen LogP contribution in [0.3, 0.4) is 0 Å². The maximum absolute atomic E-state index is 13.4. The van der Waals surface area contributed by atoms with Crippen LogP contribution in [-0.4, -0.2) is 70.5 Å². The molecule has 1 unspecified atom stereocenters. The number of carbonyl (C=O) groups is 1. The summed E-state index contributed by atoms with van der Waals surface area (Å²) in [5.41, 5.74) is 0.919. The average Bonchev–Trinajstić information content (AvgIpc) is 3.38. The van der Waals surface area contributed by atoms with E-state index < -0.39 is 0 Å². The number of nitrogens with one attached hydrogen (secondary N) is 1. The first kappa shape index (κ1) is 18.5. The highest BCUT2D eigenvalue weighted by molar-refractivity contribution is 7.99. The summed E-state index contributed by atoms with van der Waals surface area (Å²) in [7, 11) is 0. The Morgan fingerprint density at radius 1 is 1.33 bits per heavy atom. The highest BCUT2D eigenvalue weighted by atomic mass is 32.2. The van der Waals surface area contributed by atoms with Gasteiger partial charge in [-0.2, -0.15) is 16.9 Å². The van der Waals surface area contributed by atoms with Crippen molar-refractivity contribution in [3.8, 4) is 5.69 Å². The zero-order chi connectivity index (χ0) is 18.7. The number of carbonyl (C=O) groups excluding carboxylic acids is 1. The predicted molar refractivity (Wildman–Crippen MR) is 103 cm³/mol. The summed E-state index contributed by atoms with van der Waals surface area (Å²) < 4.78 is 20.4. The van der Waals surface area contributed by atoms with Crippen LogP contribution in [0.4, 0.5) is 4.39 Å². The molecule has 27 heavy (non-hydrogen) atoms. The molecule has 0 bridgehead atoms. The van der Waals surface area contributed by atoms with E-state index in [-0.39, 0.29) is 17.3 Å². The number of hydrogen-bond donors (Lipinski definition) is 1. The summed E-state index contributed by atoms with van der Waals surface area (Å²) in [6.45, 7) is 3.91. The Kier molecular flexibility index (Phi) is 5.47. The zero-order valence-electron chi connectivity index (χ0n) is 15.1. The molecule has 1 atom stereocenters. The fraction of sp³-hybridized carbons (Fsp3) is 0.474. The lowest BCUT2D eigenvalue weighted by Gasteiger charge is -2.43. The summed E-state index contributed by atoms with van der Waals surface area (Å²) in [6.07, 6.45) is 2.74. The molecule has 6 nitrogen and oxygen atoms in total. The van der Waals surface area contributed by atoms with E-state index >= 15 is 0 Å².